The van der Waals surface area contributed by atoms with Gasteiger partial charge in [0.1, 0.15) is 17.4 Å². The second-order valence-corrected chi connectivity index (χ2v) is 6.87. The summed E-state index contributed by atoms with van der Waals surface area (Å²) in [5, 5.41) is 2.69. The lowest BCUT2D eigenvalue weighted by molar-refractivity contribution is -0.156. The van der Waals surface area contributed by atoms with Gasteiger partial charge in [-0.1, -0.05) is 0 Å². The normalized spacial score (nSPS) is 20.7. The zero-order valence-corrected chi connectivity index (χ0v) is 12.5. The molecular weight excluding hydrogens is 315 g/mol. The van der Waals surface area contributed by atoms with E-state index in [2.05, 4.69) is 9.50 Å². The number of carbonyl (C=O) groups excluding carboxylic acids is 1. The highest BCUT2D eigenvalue weighted by Crippen LogP contribution is 2.28. The van der Waals surface area contributed by atoms with Gasteiger partial charge in [-0.25, -0.2) is 4.79 Å². The van der Waals surface area contributed by atoms with E-state index in [0.717, 1.165) is 6.08 Å². The molecule has 1 heterocycles. The van der Waals surface area contributed by atoms with Gasteiger partial charge in [-0.3, -0.25) is 0 Å². The van der Waals surface area contributed by atoms with Crippen LogP contribution in [0.5, 0.6) is 0 Å². The van der Waals surface area contributed by atoms with Crippen LogP contribution >= 0.6 is 0 Å². The Morgan fingerprint density at radius 3 is 2.38 bits per heavy atom. The van der Waals surface area contributed by atoms with E-state index < -0.39 is 39.0 Å². The predicted octanol–water partition coefficient (Wildman–Crippen LogP) is 1.44. The molecule has 0 aromatic carbocycles. The molecule has 6 nitrogen and oxygen atoms in total. The molecule has 1 aliphatic heterocycles. The second-order valence-electron chi connectivity index (χ2n) is 5.33. The van der Waals surface area contributed by atoms with Crippen molar-refractivity contribution in [1.29, 1.82) is 0 Å². The van der Waals surface area contributed by atoms with E-state index in [4.69, 9.17) is 4.74 Å². The minimum atomic E-state index is -5.73. The molecule has 0 fully saturated rings. The molecule has 1 aliphatic rings. The predicted molar refractivity (Wildman–Crippen MR) is 66.4 cm³/mol. The average Bonchev–Trinajstić information content (AvgIpc) is 2.24. The van der Waals surface area contributed by atoms with Crippen LogP contribution in [-0.2, 0) is 23.8 Å². The highest BCUT2D eigenvalue weighted by molar-refractivity contribution is 7.87. The first-order valence-electron chi connectivity index (χ1n) is 5.99. The van der Waals surface area contributed by atoms with Gasteiger partial charge in [0.25, 0.3) is 0 Å². The molecule has 0 spiro atoms. The molecule has 21 heavy (non-hydrogen) atoms. The summed E-state index contributed by atoms with van der Waals surface area (Å²) in [7, 11) is -5.73. The van der Waals surface area contributed by atoms with E-state index in [1.54, 1.807) is 20.8 Å². The van der Waals surface area contributed by atoms with E-state index >= 15 is 0 Å². The minimum Gasteiger partial charge on any atom is -0.459 e. The number of halogens is 3. The maximum atomic E-state index is 12.2. The van der Waals surface area contributed by atoms with Crippen molar-refractivity contribution in [3.05, 3.63) is 11.8 Å². The smallest absolute Gasteiger partial charge is 0.459 e. The van der Waals surface area contributed by atoms with Crippen LogP contribution in [0.2, 0.25) is 0 Å². The van der Waals surface area contributed by atoms with Crippen molar-refractivity contribution in [2.24, 2.45) is 0 Å². The SMILES string of the molecule is CC(C)(C)OC(=O)C1C=C(OS(=O)(=O)C(F)(F)F)CCN1. The summed E-state index contributed by atoms with van der Waals surface area (Å²) in [6.07, 6.45) is 0.884. The van der Waals surface area contributed by atoms with Gasteiger partial charge in [-0.2, -0.15) is 21.6 Å². The summed E-state index contributed by atoms with van der Waals surface area (Å²) in [6, 6.07) is -1.06. The minimum absolute atomic E-state index is 0.0864. The van der Waals surface area contributed by atoms with E-state index in [9.17, 15) is 26.4 Å². The summed E-state index contributed by atoms with van der Waals surface area (Å²) in [4.78, 5) is 11.8. The van der Waals surface area contributed by atoms with Crippen molar-refractivity contribution in [2.75, 3.05) is 6.54 Å². The highest BCUT2D eigenvalue weighted by Gasteiger charge is 2.49. The number of rotatable bonds is 3. The van der Waals surface area contributed by atoms with Gasteiger partial charge in [0.2, 0.25) is 0 Å². The van der Waals surface area contributed by atoms with Crippen molar-refractivity contribution >= 4 is 16.1 Å². The fourth-order valence-corrected chi connectivity index (χ4v) is 1.97. The molecule has 0 aromatic heterocycles. The first-order valence-corrected chi connectivity index (χ1v) is 7.40. The molecule has 0 amide bonds. The van der Waals surface area contributed by atoms with E-state index in [1.165, 1.54) is 0 Å². The Hall–Kier alpha value is -1.29. The zero-order valence-electron chi connectivity index (χ0n) is 11.7. The van der Waals surface area contributed by atoms with Crippen molar-refractivity contribution in [3.8, 4) is 0 Å². The lowest BCUT2D eigenvalue weighted by atomic mass is 10.1. The van der Waals surface area contributed by atoms with Crippen LogP contribution in [0.25, 0.3) is 0 Å². The maximum absolute atomic E-state index is 12.2. The monoisotopic (exact) mass is 331 g/mol. The molecule has 0 saturated carbocycles. The molecule has 1 unspecified atom stereocenters. The Bertz CT molecular complexity index is 533. The van der Waals surface area contributed by atoms with Crippen molar-refractivity contribution in [3.63, 3.8) is 0 Å². The van der Waals surface area contributed by atoms with Crippen molar-refractivity contribution in [2.45, 2.75) is 44.3 Å². The summed E-state index contributed by atoms with van der Waals surface area (Å²) in [5.41, 5.74) is -6.29. The number of hydrogen-bond donors (Lipinski definition) is 1. The third kappa shape index (κ3) is 5.20. The highest BCUT2D eigenvalue weighted by atomic mass is 32.2. The lowest BCUT2D eigenvalue weighted by Gasteiger charge is -2.26. The fourth-order valence-electron chi connectivity index (χ4n) is 1.45. The average molecular weight is 331 g/mol. The van der Waals surface area contributed by atoms with Gasteiger partial charge in [0.05, 0.1) is 0 Å². The molecule has 0 bridgehead atoms. The fraction of sp³-hybridized carbons (Fsp3) is 0.727. The van der Waals surface area contributed by atoms with Crippen molar-refractivity contribution in [1.82, 2.24) is 5.32 Å². The number of hydrogen-bond acceptors (Lipinski definition) is 6. The molecule has 10 heteroatoms. The summed E-state index contributed by atoms with van der Waals surface area (Å²) >= 11 is 0. The molecular formula is C11H16F3NO5S. The number of nitrogens with one attached hydrogen (secondary N) is 1. The Kier molecular flexibility index (Phi) is 4.94. The van der Waals surface area contributed by atoms with Gasteiger partial charge in [0.15, 0.2) is 0 Å². The van der Waals surface area contributed by atoms with Crippen LogP contribution in [0.1, 0.15) is 27.2 Å². The van der Waals surface area contributed by atoms with Crippen molar-refractivity contribution < 1.29 is 35.3 Å². The Morgan fingerprint density at radius 2 is 1.90 bits per heavy atom. The second kappa shape index (κ2) is 5.84. The first kappa shape index (κ1) is 17.8. The molecule has 1 atom stereocenters. The number of carbonyl (C=O) groups is 1. The summed E-state index contributed by atoms with van der Waals surface area (Å²) < 4.78 is 67.5. The third-order valence-corrected chi connectivity index (χ3v) is 3.25. The van der Waals surface area contributed by atoms with Gasteiger partial charge >= 0.3 is 21.6 Å². The van der Waals surface area contributed by atoms with Crippen LogP contribution in [0.15, 0.2) is 11.8 Å². The van der Waals surface area contributed by atoms with Crippen LogP contribution in [-0.4, -0.2) is 38.1 Å². The lowest BCUT2D eigenvalue weighted by Crippen LogP contribution is -2.43. The van der Waals surface area contributed by atoms with Gasteiger partial charge in [0, 0.05) is 13.0 Å². The van der Waals surface area contributed by atoms with Crippen LogP contribution in [0, 0.1) is 0 Å². The zero-order chi connectivity index (χ0) is 16.5. The van der Waals surface area contributed by atoms with Crippen LogP contribution < -0.4 is 5.32 Å². The number of esters is 1. The molecule has 122 valence electrons. The van der Waals surface area contributed by atoms with Crippen LogP contribution in [0.4, 0.5) is 13.2 Å². The Balaban J connectivity index is 2.84. The molecule has 0 saturated heterocycles. The maximum Gasteiger partial charge on any atom is 0.534 e. The summed E-state index contributed by atoms with van der Waals surface area (Å²) in [5.74, 6) is -1.17. The molecule has 0 radical (unpaired) electrons. The largest absolute Gasteiger partial charge is 0.534 e. The molecule has 1 N–H and O–H groups in total. The van der Waals surface area contributed by atoms with Crippen LogP contribution in [0.3, 0.4) is 0 Å². The van der Waals surface area contributed by atoms with Gasteiger partial charge in [-0.05, 0) is 26.8 Å². The molecule has 1 rings (SSSR count). The van der Waals surface area contributed by atoms with E-state index in [-0.39, 0.29) is 13.0 Å². The summed E-state index contributed by atoms with van der Waals surface area (Å²) in [6.45, 7) is 4.97. The Morgan fingerprint density at radius 1 is 1.33 bits per heavy atom. The van der Waals surface area contributed by atoms with E-state index in [0.29, 0.717) is 0 Å². The Labute approximate surface area is 120 Å². The quantitative estimate of drug-likeness (QED) is 0.479. The number of ether oxygens (including phenoxy) is 1. The molecule has 0 aliphatic carbocycles. The first-order chi connectivity index (χ1) is 9.32. The third-order valence-electron chi connectivity index (χ3n) is 2.25. The molecule has 0 aromatic rings. The standard InChI is InChI=1S/C11H16F3NO5S/c1-10(2,3)19-9(16)8-6-7(4-5-15-8)20-21(17,18)11(12,13)14/h6,8,15H,4-5H2,1-3H3. The van der Waals surface area contributed by atoms with Gasteiger partial charge < -0.3 is 14.2 Å². The van der Waals surface area contributed by atoms with Gasteiger partial charge in [-0.15, -0.1) is 0 Å². The number of alkyl halides is 3. The topological polar surface area (TPSA) is 81.7 Å². The van der Waals surface area contributed by atoms with E-state index in [1.807, 2.05) is 0 Å².